The first kappa shape index (κ1) is 14.1. The summed E-state index contributed by atoms with van der Waals surface area (Å²) in [6, 6.07) is 9.17. The first-order valence-electron chi connectivity index (χ1n) is 5.28. The van der Waals surface area contributed by atoms with Crippen molar-refractivity contribution in [1.82, 2.24) is 4.72 Å². The minimum atomic E-state index is -3.46. The van der Waals surface area contributed by atoms with Crippen molar-refractivity contribution in [2.45, 2.75) is 19.4 Å². The molecule has 0 saturated heterocycles. The van der Waals surface area contributed by atoms with Gasteiger partial charge >= 0.3 is 0 Å². The largest absolute Gasteiger partial charge is 0.392 e. The highest BCUT2D eigenvalue weighted by Gasteiger charge is 2.18. The number of sulfonamides is 1. The quantitative estimate of drug-likeness (QED) is 0.767. The van der Waals surface area contributed by atoms with Crippen LogP contribution in [0.5, 0.6) is 0 Å². The van der Waals surface area contributed by atoms with Gasteiger partial charge in [-0.05, 0) is 12.0 Å². The smallest absolute Gasteiger partial charge is 0.218 e. The summed E-state index contributed by atoms with van der Waals surface area (Å²) in [4.78, 5) is -0.0274. The Bertz CT molecular complexity index is 472. The third-order valence-corrected chi connectivity index (χ3v) is 3.93. The molecule has 4 nitrogen and oxygen atoms in total. The van der Waals surface area contributed by atoms with Gasteiger partial charge in [0.1, 0.15) is 5.75 Å². The number of hydrogen-bond donors (Lipinski definition) is 2. The van der Waals surface area contributed by atoms with E-state index in [1.165, 1.54) is 0 Å². The van der Waals surface area contributed by atoms with Crippen LogP contribution in [0.3, 0.4) is 0 Å². The van der Waals surface area contributed by atoms with Crippen LogP contribution in [0.4, 0.5) is 0 Å². The first-order chi connectivity index (χ1) is 7.94. The van der Waals surface area contributed by atoms with Crippen LogP contribution in [0.15, 0.2) is 30.3 Å². The van der Waals surface area contributed by atoms with Gasteiger partial charge in [-0.2, -0.15) is 0 Å². The molecule has 17 heavy (non-hydrogen) atoms. The third kappa shape index (κ3) is 4.80. The van der Waals surface area contributed by atoms with Gasteiger partial charge in [0.2, 0.25) is 10.0 Å². The van der Waals surface area contributed by atoms with E-state index < -0.39 is 10.0 Å². The molecule has 0 radical (unpaired) electrons. The predicted octanol–water partition coefficient (Wildman–Crippen LogP) is 1.34. The van der Waals surface area contributed by atoms with Crippen molar-refractivity contribution in [2.24, 2.45) is 5.73 Å². The molecule has 0 fully saturated rings. The lowest BCUT2D eigenvalue weighted by atomic mass is 10.1. The van der Waals surface area contributed by atoms with Crippen molar-refractivity contribution >= 4 is 27.2 Å². The summed E-state index contributed by atoms with van der Waals surface area (Å²) in [6.07, 6.45) is 0.667. The van der Waals surface area contributed by atoms with Gasteiger partial charge in [-0.1, -0.05) is 49.5 Å². The van der Waals surface area contributed by atoms with Gasteiger partial charge in [0.15, 0.2) is 0 Å². The third-order valence-electron chi connectivity index (χ3n) is 2.26. The van der Waals surface area contributed by atoms with E-state index in [1.54, 1.807) is 0 Å². The van der Waals surface area contributed by atoms with Crippen molar-refractivity contribution in [3.63, 3.8) is 0 Å². The Balaban J connectivity index is 2.81. The lowest BCUT2D eigenvalue weighted by molar-refractivity contribution is 0.554. The highest BCUT2D eigenvalue weighted by Crippen LogP contribution is 2.16. The van der Waals surface area contributed by atoms with E-state index in [1.807, 2.05) is 37.3 Å². The summed E-state index contributed by atoms with van der Waals surface area (Å²) in [5.74, 6) is -0.314. The molecule has 0 aliphatic heterocycles. The monoisotopic (exact) mass is 272 g/mol. The summed E-state index contributed by atoms with van der Waals surface area (Å²) in [5, 5.41) is 0. The number of benzene rings is 1. The maximum absolute atomic E-state index is 11.7. The molecule has 3 N–H and O–H groups in total. The SMILES string of the molecule is CCC(NS(=O)(=O)CC(N)=S)c1ccccc1. The normalized spacial score (nSPS) is 13.2. The van der Waals surface area contributed by atoms with E-state index in [2.05, 4.69) is 16.9 Å². The van der Waals surface area contributed by atoms with Crippen LogP contribution in [-0.2, 0) is 10.0 Å². The fourth-order valence-corrected chi connectivity index (χ4v) is 3.18. The molecule has 0 spiro atoms. The number of nitrogens with two attached hydrogens (primary N) is 1. The lowest BCUT2D eigenvalue weighted by Crippen LogP contribution is -2.34. The number of nitrogens with one attached hydrogen (secondary N) is 1. The standard InChI is InChI=1S/C11H16N2O2S2/c1-2-10(9-6-4-3-5-7-9)13-17(14,15)8-11(12)16/h3-7,10,13H,2,8H2,1H3,(H2,12,16). The van der Waals surface area contributed by atoms with Gasteiger partial charge in [0.05, 0.1) is 4.99 Å². The van der Waals surface area contributed by atoms with Crippen molar-refractivity contribution in [2.75, 3.05) is 5.75 Å². The zero-order chi connectivity index (χ0) is 12.9. The first-order valence-corrected chi connectivity index (χ1v) is 7.34. The van der Waals surface area contributed by atoms with Crippen LogP contribution < -0.4 is 10.5 Å². The van der Waals surface area contributed by atoms with Crippen molar-refractivity contribution < 1.29 is 8.42 Å². The Hall–Kier alpha value is -0.980. The minimum Gasteiger partial charge on any atom is -0.392 e. The molecule has 0 saturated carbocycles. The fourth-order valence-electron chi connectivity index (χ4n) is 1.52. The van der Waals surface area contributed by atoms with Gasteiger partial charge < -0.3 is 5.73 Å². The van der Waals surface area contributed by atoms with Crippen molar-refractivity contribution in [1.29, 1.82) is 0 Å². The van der Waals surface area contributed by atoms with Gasteiger partial charge in [-0.15, -0.1) is 0 Å². The van der Waals surface area contributed by atoms with Crippen LogP contribution in [0.2, 0.25) is 0 Å². The van der Waals surface area contributed by atoms with E-state index >= 15 is 0 Å². The average Bonchev–Trinajstić information content (AvgIpc) is 2.25. The molecule has 1 rings (SSSR count). The lowest BCUT2D eigenvalue weighted by Gasteiger charge is -2.17. The summed E-state index contributed by atoms with van der Waals surface area (Å²) < 4.78 is 26.0. The molecule has 6 heteroatoms. The molecule has 0 aromatic heterocycles. The van der Waals surface area contributed by atoms with E-state index in [0.29, 0.717) is 6.42 Å². The Morgan fingerprint density at radius 1 is 1.41 bits per heavy atom. The number of hydrogen-bond acceptors (Lipinski definition) is 3. The summed E-state index contributed by atoms with van der Waals surface area (Å²) in [5.41, 5.74) is 6.18. The molecule has 0 bridgehead atoms. The molecule has 1 atom stereocenters. The van der Waals surface area contributed by atoms with Gasteiger partial charge in [-0.3, -0.25) is 0 Å². The Kier molecular flexibility index (Phi) is 5.04. The fraction of sp³-hybridized carbons (Fsp3) is 0.364. The van der Waals surface area contributed by atoms with E-state index in [0.717, 1.165) is 5.56 Å². The van der Waals surface area contributed by atoms with Gasteiger partial charge in [0.25, 0.3) is 0 Å². The molecule has 0 aliphatic rings. The van der Waals surface area contributed by atoms with Crippen molar-refractivity contribution in [3.8, 4) is 0 Å². The highest BCUT2D eigenvalue weighted by molar-refractivity contribution is 7.92. The van der Waals surface area contributed by atoms with Crippen LogP contribution in [0.1, 0.15) is 24.9 Å². The maximum atomic E-state index is 11.7. The maximum Gasteiger partial charge on any atom is 0.218 e. The number of rotatable bonds is 6. The van der Waals surface area contributed by atoms with Crippen LogP contribution in [0, 0.1) is 0 Å². The average molecular weight is 272 g/mol. The molecular weight excluding hydrogens is 256 g/mol. The molecule has 1 unspecified atom stereocenters. The van der Waals surface area contributed by atoms with E-state index in [-0.39, 0.29) is 16.8 Å². The van der Waals surface area contributed by atoms with E-state index in [4.69, 9.17) is 5.73 Å². The topological polar surface area (TPSA) is 72.2 Å². The molecule has 0 heterocycles. The Labute approximate surface area is 107 Å². The van der Waals surface area contributed by atoms with Crippen LogP contribution in [-0.4, -0.2) is 19.2 Å². The molecule has 1 aromatic rings. The molecular formula is C11H16N2O2S2. The molecule has 1 aromatic carbocycles. The second-order valence-electron chi connectivity index (χ2n) is 3.71. The number of thiocarbonyl (C=S) groups is 1. The van der Waals surface area contributed by atoms with Crippen LogP contribution in [0.25, 0.3) is 0 Å². The Morgan fingerprint density at radius 2 is 2.00 bits per heavy atom. The van der Waals surface area contributed by atoms with E-state index in [9.17, 15) is 8.42 Å². The minimum absolute atomic E-state index is 0.0274. The molecule has 94 valence electrons. The summed E-state index contributed by atoms with van der Waals surface area (Å²) >= 11 is 4.61. The summed E-state index contributed by atoms with van der Waals surface area (Å²) in [6.45, 7) is 1.92. The zero-order valence-electron chi connectivity index (χ0n) is 9.59. The second kappa shape index (κ2) is 6.09. The zero-order valence-corrected chi connectivity index (χ0v) is 11.2. The summed E-state index contributed by atoms with van der Waals surface area (Å²) in [7, 11) is -3.46. The van der Waals surface area contributed by atoms with Crippen LogP contribution >= 0.6 is 12.2 Å². The Morgan fingerprint density at radius 3 is 2.47 bits per heavy atom. The second-order valence-corrected chi connectivity index (χ2v) is 5.99. The molecule has 0 aliphatic carbocycles. The molecule has 0 amide bonds. The van der Waals surface area contributed by atoms with Gasteiger partial charge in [0, 0.05) is 6.04 Å². The van der Waals surface area contributed by atoms with Crippen molar-refractivity contribution in [3.05, 3.63) is 35.9 Å². The highest BCUT2D eigenvalue weighted by atomic mass is 32.2. The van der Waals surface area contributed by atoms with Gasteiger partial charge in [-0.25, -0.2) is 13.1 Å². The predicted molar refractivity (Wildman–Crippen MR) is 73.2 cm³/mol.